The third-order valence-electron chi connectivity index (χ3n) is 3.59. The average molecular weight is 274 g/mol. The molecule has 0 bridgehead atoms. The van der Waals surface area contributed by atoms with Gasteiger partial charge in [0.2, 0.25) is 0 Å². The Morgan fingerprint density at radius 1 is 1.16 bits per heavy atom. The van der Waals surface area contributed by atoms with Gasteiger partial charge in [0.1, 0.15) is 0 Å². The molecule has 0 amide bonds. The molecule has 102 valence electrons. The summed E-state index contributed by atoms with van der Waals surface area (Å²) in [5.41, 5.74) is 9.80. The first-order valence-corrected chi connectivity index (χ1v) is 7.67. The fraction of sp³-hybridized carbons (Fsp3) is 0.438. The minimum absolute atomic E-state index is 0.338. The van der Waals surface area contributed by atoms with Crippen LogP contribution in [0.2, 0.25) is 0 Å². The van der Waals surface area contributed by atoms with Gasteiger partial charge >= 0.3 is 0 Å². The van der Waals surface area contributed by atoms with Crippen LogP contribution in [0.4, 0.5) is 0 Å². The van der Waals surface area contributed by atoms with Gasteiger partial charge in [0.05, 0.1) is 10.7 Å². The molecule has 1 unspecified atom stereocenters. The lowest BCUT2D eigenvalue weighted by molar-refractivity contribution is 0.687. The van der Waals surface area contributed by atoms with Gasteiger partial charge in [0.25, 0.3) is 0 Å². The number of rotatable bonds is 5. The lowest BCUT2D eigenvalue weighted by atomic mass is 9.98. The van der Waals surface area contributed by atoms with Crippen molar-refractivity contribution in [2.45, 2.75) is 39.5 Å². The average Bonchev–Trinajstić information content (AvgIpc) is 2.76. The van der Waals surface area contributed by atoms with Crippen molar-refractivity contribution in [3.8, 4) is 0 Å². The van der Waals surface area contributed by atoms with E-state index < -0.39 is 0 Å². The van der Waals surface area contributed by atoms with Crippen LogP contribution in [-0.2, 0) is 12.8 Å². The van der Waals surface area contributed by atoms with Crippen molar-refractivity contribution in [2.24, 2.45) is 5.73 Å². The minimum atomic E-state index is 0.338. The fourth-order valence-corrected chi connectivity index (χ4v) is 3.18. The van der Waals surface area contributed by atoms with Crippen LogP contribution < -0.4 is 5.73 Å². The zero-order chi connectivity index (χ0) is 13.8. The molecule has 2 aromatic rings. The molecule has 2 N–H and O–H groups in total. The number of hydrogen-bond acceptors (Lipinski definition) is 3. The van der Waals surface area contributed by atoms with Crippen LogP contribution in [0.5, 0.6) is 0 Å². The lowest BCUT2D eigenvalue weighted by Crippen LogP contribution is -2.15. The molecule has 1 atom stereocenters. The van der Waals surface area contributed by atoms with Crippen molar-refractivity contribution in [1.82, 2.24) is 4.98 Å². The quantitative estimate of drug-likeness (QED) is 0.904. The molecule has 1 heterocycles. The SMILES string of the molecule is CCc1ccc(CC(CN)c2nc(C)c(C)s2)cc1. The molecule has 0 saturated heterocycles. The van der Waals surface area contributed by atoms with Crippen LogP contribution in [0.25, 0.3) is 0 Å². The van der Waals surface area contributed by atoms with Crippen LogP contribution in [-0.4, -0.2) is 11.5 Å². The smallest absolute Gasteiger partial charge is 0.0977 e. The maximum Gasteiger partial charge on any atom is 0.0977 e. The Hall–Kier alpha value is -1.19. The molecule has 3 heteroatoms. The molecule has 0 spiro atoms. The first-order valence-electron chi connectivity index (χ1n) is 6.85. The van der Waals surface area contributed by atoms with E-state index >= 15 is 0 Å². The topological polar surface area (TPSA) is 38.9 Å². The molecule has 0 saturated carbocycles. The molecule has 1 aromatic carbocycles. The molecule has 19 heavy (non-hydrogen) atoms. The zero-order valence-corrected chi connectivity index (χ0v) is 12.8. The van der Waals surface area contributed by atoms with Gasteiger partial charge in [-0.25, -0.2) is 4.98 Å². The van der Waals surface area contributed by atoms with E-state index in [-0.39, 0.29) is 0 Å². The lowest BCUT2D eigenvalue weighted by Gasteiger charge is -2.12. The monoisotopic (exact) mass is 274 g/mol. The summed E-state index contributed by atoms with van der Waals surface area (Å²) in [4.78, 5) is 5.95. The summed E-state index contributed by atoms with van der Waals surface area (Å²) in [6.45, 7) is 7.03. The van der Waals surface area contributed by atoms with Gasteiger partial charge < -0.3 is 5.73 Å². The van der Waals surface area contributed by atoms with Gasteiger partial charge in [0, 0.05) is 17.3 Å². The Bertz CT molecular complexity index is 509. The van der Waals surface area contributed by atoms with Crippen LogP contribution in [0.3, 0.4) is 0 Å². The standard InChI is InChI=1S/C16H22N2S/c1-4-13-5-7-14(8-6-13)9-15(10-17)16-18-11(2)12(3)19-16/h5-8,15H,4,9-10,17H2,1-3H3. The molecule has 2 nitrogen and oxygen atoms in total. The third-order valence-corrected chi connectivity index (χ3v) is 4.83. The number of thiazole rings is 1. The summed E-state index contributed by atoms with van der Waals surface area (Å²) in [7, 11) is 0. The summed E-state index contributed by atoms with van der Waals surface area (Å²) >= 11 is 1.78. The second kappa shape index (κ2) is 6.31. The largest absolute Gasteiger partial charge is 0.330 e. The second-order valence-corrected chi connectivity index (χ2v) is 6.24. The van der Waals surface area contributed by atoms with E-state index in [0.717, 1.165) is 18.5 Å². The maximum absolute atomic E-state index is 5.93. The number of nitrogens with zero attached hydrogens (tertiary/aromatic N) is 1. The predicted molar refractivity (Wildman–Crippen MR) is 82.9 cm³/mol. The summed E-state index contributed by atoms with van der Waals surface area (Å²) in [5, 5.41) is 1.18. The third kappa shape index (κ3) is 3.43. The predicted octanol–water partition coefficient (Wildman–Crippen LogP) is 3.61. The Morgan fingerprint density at radius 3 is 2.26 bits per heavy atom. The minimum Gasteiger partial charge on any atom is -0.330 e. The molecule has 0 aliphatic rings. The summed E-state index contributed by atoms with van der Waals surface area (Å²) in [5.74, 6) is 0.338. The molecule has 0 aliphatic carbocycles. The van der Waals surface area contributed by atoms with Crippen LogP contribution in [0.15, 0.2) is 24.3 Å². The number of benzene rings is 1. The highest BCUT2D eigenvalue weighted by Gasteiger charge is 2.15. The fourth-order valence-electron chi connectivity index (χ4n) is 2.14. The highest BCUT2D eigenvalue weighted by Crippen LogP contribution is 2.26. The molecule has 0 fully saturated rings. The van der Waals surface area contributed by atoms with Gasteiger partial charge in [0.15, 0.2) is 0 Å². The highest BCUT2D eigenvalue weighted by molar-refractivity contribution is 7.11. The van der Waals surface area contributed by atoms with Crippen molar-refractivity contribution in [1.29, 1.82) is 0 Å². The number of aromatic nitrogens is 1. The van der Waals surface area contributed by atoms with Crippen LogP contribution in [0.1, 0.15) is 39.5 Å². The normalized spacial score (nSPS) is 12.6. The molecule has 0 radical (unpaired) electrons. The number of nitrogens with two attached hydrogens (primary N) is 1. The highest BCUT2D eigenvalue weighted by atomic mass is 32.1. The van der Waals surface area contributed by atoms with Crippen LogP contribution in [0, 0.1) is 13.8 Å². The number of hydrogen-bond donors (Lipinski definition) is 1. The molecular formula is C16H22N2S. The Morgan fingerprint density at radius 2 is 1.79 bits per heavy atom. The first kappa shape index (κ1) is 14.2. The maximum atomic E-state index is 5.93. The molecule has 2 rings (SSSR count). The van der Waals surface area contributed by atoms with E-state index in [4.69, 9.17) is 5.73 Å². The van der Waals surface area contributed by atoms with E-state index in [2.05, 4.69) is 50.0 Å². The van der Waals surface area contributed by atoms with Crippen molar-refractivity contribution in [2.75, 3.05) is 6.54 Å². The van der Waals surface area contributed by atoms with E-state index in [1.165, 1.54) is 21.0 Å². The molecular weight excluding hydrogens is 252 g/mol. The van der Waals surface area contributed by atoms with Crippen molar-refractivity contribution in [3.63, 3.8) is 0 Å². The van der Waals surface area contributed by atoms with E-state index in [0.29, 0.717) is 12.5 Å². The Labute approximate surface area is 119 Å². The second-order valence-electron chi connectivity index (χ2n) is 5.00. The van der Waals surface area contributed by atoms with Crippen molar-refractivity contribution < 1.29 is 0 Å². The summed E-state index contributed by atoms with van der Waals surface area (Å²) in [6.07, 6.45) is 2.07. The summed E-state index contributed by atoms with van der Waals surface area (Å²) in [6, 6.07) is 8.85. The zero-order valence-electron chi connectivity index (χ0n) is 11.9. The van der Waals surface area contributed by atoms with E-state index in [9.17, 15) is 0 Å². The number of aryl methyl sites for hydroxylation is 3. The van der Waals surface area contributed by atoms with Crippen molar-refractivity contribution in [3.05, 3.63) is 51.0 Å². The molecule has 0 aliphatic heterocycles. The Balaban J connectivity index is 2.13. The van der Waals surface area contributed by atoms with E-state index in [1.807, 2.05) is 0 Å². The Kier molecular flexibility index (Phi) is 4.72. The first-order chi connectivity index (χ1) is 9.13. The molecule has 1 aromatic heterocycles. The summed E-state index contributed by atoms with van der Waals surface area (Å²) < 4.78 is 0. The van der Waals surface area contributed by atoms with Gasteiger partial charge in [-0.05, 0) is 37.8 Å². The van der Waals surface area contributed by atoms with Gasteiger partial charge in [-0.2, -0.15) is 0 Å². The van der Waals surface area contributed by atoms with Crippen molar-refractivity contribution >= 4 is 11.3 Å². The van der Waals surface area contributed by atoms with Crippen LogP contribution >= 0.6 is 11.3 Å². The van der Waals surface area contributed by atoms with Gasteiger partial charge in [-0.15, -0.1) is 11.3 Å². The van der Waals surface area contributed by atoms with E-state index in [1.54, 1.807) is 11.3 Å². The van der Waals surface area contributed by atoms with Gasteiger partial charge in [-0.1, -0.05) is 31.2 Å². The van der Waals surface area contributed by atoms with Gasteiger partial charge in [-0.3, -0.25) is 0 Å².